The fourth-order valence-corrected chi connectivity index (χ4v) is 3.01. The van der Waals surface area contributed by atoms with Crippen LogP contribution in [0.25, 0.3) is 0 Å². The number of hydrogen-bond donors (Lipinski definition) is 1. The van der Waals surface area contributed by atoms with Crippen molar-refractivity contribution in [2.45, 2.75) is 6.92 Å². The Kier molecular flexibility index (Phi) is 6.17. The molecule has 1 aliphatic rings. The lowest BCUT2D eigenvalue weighted by Gasteiger charge is -2.26. The van der Waals surface area contributed by atoms with Crippen molar-refractivity contribution in [1.29, 1.82) is 0 Å². The van der Waals surface area contributed by atoms with Crippen molar-refractivity contribution in [3.8, 4) is 5.75 Å². The molecular weight excluding hydrogens is 324 g/mol. The van der Waals surface area contributed by atoms with Crippen LogP contribution in [0.5, 0.6) is 5.75 Å². The number of nitrogens with zero attached hydrogens (tertiary/aromatic N) is 3. The van der Waals surface area contributed by atoms with Gasteiger partial charge in [0.05, 0.1) is 25.1 Å². The number of hydrazone groups is 1. The molecule has 0 atom stereocenters. The number of hydrogen-bond acceptors (Lipinski definition) is 7. The summed E-state index contributed by atoms with van der Waals surface area (Å²) >= 11 is 1.54. The van der Waals surface area contributed by atoms with Crippen LogP contribution in [0, 0.1) is 6.92 Å². The third-order valence-electron chi connectivity index (χ3n) is 3.63. The number of aromatic nitrogens is 1. The van der Waals surface area contributed by atoms with E-state index in [0.29, 0.717) is 6.61 Å². The van der Waals surface area contributed by atoms with Crippen LogP contribution in [0.2, 0.25) is 0 Å². The molecule has 0 amide bonds. The average molecular weight is 346 g/mol. The first-order chi connectivity index (χ1) is 11.8. The number of anilines is 1. The van der Waals surface area contributed by atoms with Gasteiger partial charge in [-0.25, -0.2) is 4.98 Å². The van der Waals surface area contributed by atoms with E-state index in [9.17, 15) is 0 Å². The number of ether oxygens (including phenoxy) is 2. The van der Waals surface area contributed by atoms with E-state index in [1.54, 1.807) is 6.21 Å². The molecule has 0 bridgehead atoms. The molecule has 0 aliphatic carbocycles. The fraction of sp³-hybridized carbons (Fsp3) is 0.412. The summed E-state index contributed by atoms with van der Waals surface area (Å²) in [5.41, 5.74) is 4.92. The van der Waals surface area contributed by atoms with Crippen molar-refractivity contribution in [3.63, 3.8) is 0 Å². The molecular formula is C17H22N4O2S. The fourth-order valence-electron chi connectivity index (χ4n) is 2.37. The highest BCUT2D eigenvalue weighted by Gasteiger charge is 2.09. The largest absolute Gasteiger partial charge is 0.492 e. The molecule has 3 rings (SSSR count). The number of nitrogens with one attached hydrogen (secondary N) is 1. The second kappa shape index (κ2) is 8.77. The van der Waals surface area contributed by atoms with Gasteiger partial charge in [0.25, 0.3) is 0 Å². The third-order valence-corrected chi connectivity index (χ3v) is 4.50. The van der Waals surface area contributed by atoms with Crippen LogP contribution in [-0.2, 0) is 4.74 Å². The molecule has 6 nitrogen and oxygen atoms in total. The summed E-state index contributed by atoms with van der Waals surface area (Å²) < 4.78 is 11.2. The summed E-state index contributed by atoms with van der Waals surface area (Å²) in [5.74, 6) is 0.859. The zero-order valence-electron chi connectivity index (χ0n) is 13.8. The van der Waals surface area contributed by atoms with Gasteiger partial charge in [0.2, 0.25) is 5.13 Å². The minimum absolute atomic E-state index is 0.678. The van der Waals surface area contributed by atoms with E-state index in [1.807, 2.05) is 36.6 Å². The van der Waals surface area contributed by atoms with Crippen molar-refractivity contribution in [1.82, 2.24) is 9.88 Å². The molecule has 1 saturated heterocycles. The lowest BCUT2D eigenvalue weighted by Crippen LogP contribution is -2.38. The number of benzene rings is 1. The molecule has 0 radical (unpaired) electrons. The molecule has 2 heterocycles. The zero-order valence-corrected chi connectivity index (χ0v) is 14.6. The van der Waals surface area contributed by atoms with E-state index in [1.165, 1.54) is 11.3 Å². The Hall–Kier alpha value is -1.96. The first-order valence-electron chi connectivity index (χ1n) is 8.04. The van der Waals surface area contributed by atoms with Crippen molar-refractivity contribution in [2.75, 3.05) is 44.9 Å². The predicted octanol–water partition coefficient (Wildman–Crippen LogP) is 2.61. The molecule has 1 fully saturated rings. The molecule has 1 aromatic carbocycles. The summed E-state index contributed by atoms with van der Waals surface area (Å²) in [7, 11) is 0. The Balaban J connectivity index is 1.46. The number of morpholine rings is 1. The molecule has 0 spiro atoms. The molecule has 0 saturated carbocycles. The first kappa shape index (κ1) is 16.9. The molecule has 1 N–H and O–H groups in total. The molecule has 128 valence electrons. The Morgan fingerprint density at radius 2 is 2.29 bits per heavy atom. The van der Waals surface area contributed by atoms with E-state index in [2.05, 4.69) is 20.4 Å². The van der Waals surface area contributed by atoms with Crippen LogP contribution >= 0.6 is 11.3 Å². The van der Waals surface area contributed by atoms with E-state index < -0.39 is 0 Å². The van der Waals surface area contributed by atoms with Gasteiger partial charge in [-0.05, 0) is 24.6 Å². The second-order valence-corrected chi connectivity index (χ2v) is 6.40. The Labute approximate surface area is 146 Å². The van der Waals surface area contributed by atoms with E-state index in [0.717, 1.165) is 55.0 Å². The maximum Gasteiger partial charge on any atom is 0.203 e. The summed E-state index contributed by atoms with van der Waals surface area (Å²) in [5, 5.41) is 7.00. The van der Waals surface area contributed by atoms with Gasteiger partial charge in [-0.1, -0.05) is 12.1 Å². The number of aryl methyl sites for hydroxylation is 1. The third kappa shape index (κ3) is 5.30. The van der Waals surface area contributed by atoms with Crippen LogP contribution in [0.4, 0.5) is 5.13 Å². The Morgan fingerprint density at radius 3 is 3.08 bits per heavy atom. The van der Waals surface area contributed by atoms with Crippen LogP contribution < -0.4 is 10.2 Å². The van der Waals surface area contributed by atoms with Crippen molar-refractivity contribution >= 4 is 22.7 Å². The highest BCUT2D eigenvalue weighted by atomic mass is 32.1. The van der Waals surface area contributed by atoms with Gasteiger partial charge in [-0.15, -0.1) is 11.3 Å². The summed E-state index contributed by atoms with van der Waals surface area (Å²) in [6, 6.07) is 7.91. The number of rotatable bonds is 7. The normalized spacial score (nSPS) is 15.7. The average Bonchev–Trinajstić information content (AvgIpc) is 3.02. The highest BCUT2D eigenvalue weighted by molar-refractivity contribution is 7.13. The number of thiazole rings is 1. The molecule has 1 aromatic heterocycles. The lowest BCUT2D eigenvalue weighted by molar-refractivity contribution is 0.0322. The van der Waals surface area contributed by atoms with Gasteiger partial charge in [-0.2, -0.15) is 5.10 Å². The minimum atomic E-state index is 0.678. The Bertz CT molecular complexity index is 668. The maximum atomic E-state index is 5.84. The van der Waals surface area contributed by atoms with E-state index in [-0.39, 0.29) is 0 Å². The van der Waals surface area contributed by atoms with Gasteiger partial charge in [0, 0.05) is 25.0 Å². The summed E-state index contributed by atoms with van der Waals surface area (Å²) in [6.45, 7) is 7.16. The first-order valence-corrected chi connectivity index (χ1v) is 8.92. The zero-order chi connectivity index (χ0) is 16.6. The summed E-state index contributed by atoms with van der Waals surface area (Å²) in [6.07, 6.45) is 1.77. The monoisotopic (exact) mass is 346 g/mol. The SMILES string of the molecule is Cc1csc(NN=Cc2cccc(OCCN3CCOCC3)c2)n1. The van der Waals surface area contributed by atoms with Crippen molar-refractivity contribution in [3.05, 3.63) is 40.9 Å². The van der Waals surface area contributed by atoms with Crippen molar-refractivity contribution in [2.24, 2.45) is 5.10 Å². The molecule has 7 heteroatoms. The van der Waals surface area contributed by atoms with Gasteiger partial charge in [0.1, 0.15) is 12.4 Å². The standard InChI is InChI=1S/C17H22N4O2S/c1-14-13-24-17(19-14)20-18-12-15-3-2-4-16(11-15)23-10-7-21-5-8-22-9-6-21/h2-4,11-13H,5-10H2,1H3,(H,19,20). The maximum absolute atomic E-state index is 5.84. The van der Waals surface area contributed by atoms with Crippen molar-refractivity contribution < 1.29 is 9.47 Å². The van der Waals surface area contributed by atoms with E-state index >= 15 is 0 Å². The molecule has 0 unspecified atom stereocenters. The molecule has 24 heavy (non-hydrogen) atoms. The Morgan fingerprint density at radius 1 is 1.42 bits per heavy atom. The minimum Gasteiger partial charge on any atom is -0.492 e. The van der Waals surface area contributed by atoms with Crippen LogP contribution in [0.1, 0.15) is 11.3 Å². The highest BCUT2D eigenvalue weighted by Crippen LogP contribution is 2.15. The van der Waals surface area contributed by atoms with Crippen LogP contribution in [0.15, 0.2) is 34.7 Å². The second-order valence-electron chi connectivity index (χ2n) is 5.54. The summed E-state index contributed by atoms with van der Waals surface area (Å²) in [4.78, 5) is 6.66. The quantitative estimate of drug-likeness (QED) is 0.617. The van der Waals surface area contributed by atoms with Gasteiger partial charge in [-0.3, -0.25) is 10.3 Å². The van der Waals surface area contributed by atoms with Gasteiger partial charge >= 0.3 is 0 Å². The molecule has 1 aliphatic heterocycles. The molecule has 2 aromatic rings. The van der Waals surface area contributed by atoms with Gasteiger partial charge in [0.15, 0.2) is 0 Å². The van der Waals surface area contributed by atoms with Crippen LogP contribution in [0.3, 0.4) is 0 Å². The smallest absolute Gasteiger partial charge is 0.203 e. The predicted molar refractivity (Wildman–Crippen MR) is 97.3 cm³/mol. The van der Waals surface area contributed by atoms with E-state index in [4.69, 9.17) is 9.47 Å². The van der Waals surface area contributed by atoms with Crippen LogP contribution in [-0.4, -0.2) is 55.6 Å². The lowest BCUT2D eigenvalue weighted by atomic mass is 10.2. The van der Waals surface area contributed by atoms with Gasteiger partial charge < -0.3 is 9.47 Å². The topological polar surface area (TPSA) is 59.0 Å².